The zero-order chi connectivity index (χ0) is 17.8. The lowest BCUT2D eigenvalue weighted by Crippen LogP contribution is -2.14. The largest absolute Gasteiger partial charge is 0.481 e. The summed E-state index contributed by atoms with van der Waals surface area (Å²) < 4.78 is 6.71. The first-order chi connectivity index (χ1) is 12.1. The molecule has 1 N–H and O–H groups in total. The third-order valence-electron chi connectivity index (χ3n) is 3.36. The van der Waals surface area contributed by atoms with Crippen molar-refractivity contribution in [3.8, 4) is 5.88 Å². The molecule has 130 valence electrons. The van der Waals surface area contributed by atoms with Crippen LogP contribution in [0.2, 0.25) is 0 Å². The lowest BCUT2D eigenvalue weighted by Gasteiger charge is -2.06. The summed E-state index contributed by atoms with van der Waals surface area (Å²) in [6.45, 7) is 4.07. The molecule has 0 aliphatic heterocycles. The van der Waals surface area contributed by atoms with Gasteiger partial charge in [-0.3, -0.25) is 4.79 Å². The van der Waals surface area contributed by atoms with E-state index in [4.69, 9.17) is 4.74 Å². The third-order valence-corrected chi connectivity index (χ3v) is 4.28. The molecular weight excluding hydrogens is 340 g/mol. The summed E-state index contributed by atoms with van der Waals surface area (Å²) in [6, 6.07) is 7.11. The highest BCUT2D eigenvalue weighted by molar-refractivity contribution is 7.99. The fourth-order valence-electron chi connectivity index (χ4n) is 2.14. The fraction of sp³-hybridized carbons (Fsp3) is 0.312. The molecule has 0 bridgehead atoms. The Bertz CT molecular complexity index is 878. The molecule has 3 aromatic heterocycles. The van der Waals surface area contributed by atoms with Crippen LogP contribution in [-0.2, 0) is 4.79 Å². The summed E-state index contributed by atoms with van der Waals surface area (Å²) in [7, 11) is 1.54. The van der Waals surface area contributed by atoms with Gasteiger partial charge in [0.05, 0.1) is 24.7 Å². The molecule has 0 spiro atoms. The summed E-state index contributed by atoms with van der Waals surface area (Å²) in [5.74, 6) is 1.62. The minimum absolute atomic E-state index is 0.133. The van der Waals surface area contributed by atoms with Crippen LogP contribution >= 0.6 is 11.8 Å². The highest BCUT2D eigenvalue weighted by Crippen LogP contribution is 2.19. The molecule has 0 aliphatic rings. The SMILES string of the molecule is COc1ccc(NC(=O)CSc2ccc3nnc(C(C)C)n3n2)cn1. The van der Waals surface area contributed by atoms with Gasteiger partial charge in [0, 0.05) is 12.0 Å². The smallest absolute Gasteiger partial charge is 0.234 e. The maximum atomic E-state index is 12.1. The number of thioether (sulfide) groups is 1. The number of anilines is 1. The molecule has 0 saturated carbocycles. The van der Waals surface area contributed by atoms with Gasteiger partial charge in [-0.25, -0.2) is 4.98 Å². The van der Waals surface area contributed by atoms with E-state index < -0.39 is 0 Å². The molecule has 0 unspecified atom stereocenters. The Hall–Kier alpha value is -2.68. The van der Waals surface area contributed by atoms with Gasteiger partial charge in [-0.1, -0.05) is 25.6 Å². The quantitative estimate of drug-likeness (QED) is 0.676. The molecule has 0 aromatic carbocycles. The van der Waals surface area contributed by atoms with Crippen molar-refractivity contribution in [2.75, 3.05) is 18.2 Å². The van der Waals surface area contributed by atoms with Gasteiger partial charge in [0.25, 0.3) is 0 Å². The number of fused-ring (bicyclic) bond motifs is 1. The molecule has 9 heteroatoms. The van der Waals surface area contributed by atoms with Gasteiger partial charge in [-0.2, -0.15) is 9.61 Å². The van der Waals surface area contributed by atoms with Crippen LogP contribution in [0.15, 0.2) is 35.5 Å². The van der Waals surface area contributed by atoms with Gasteiger partial charge in [0.15, 0.2) is 11.5 Å². The highest BCUT2D eigenvalue weighted by Gasteiger charge is 2.12. The zero-order valence-corrected chi connectivity index (χ0v) is 14.9. The molecular formula is C16H18N6O2S. The predicted molar refractivity (Wildman–Crippen MR) is 95.0 cm³/mol. The van der Waals surface area contributed by atoms with E-state index in [-0.39, 0.29) is 17.6 Å². The van der Waals surface area contributed by atoms with Crippen molar-refractivity contribution in [3.63, 3.8) is 0 Å². The first kappa shape index (κ1) is 17.2. The van der Waals surface area contributed by atoms with Crippen LogP contribution in [-0.4, -0.2) is 43.6 Å². The number of nitrogens with one attached hydrogen (secondary N) is 1. The number of aromatic nitrogens is 5. The van der Waals surface area contributed by atoms with Gasteiger partial charge >= 0.3 is 0 Å². The van der Waals surface area contributed by atoms with Gasteiger partial charge in [-0.15, -0.1) is 10.2 Å². The maximum absolute atomic E-state index is 12.1. The number of carbonyl (C=O) groups excluding carboxylic acids is 1. The van der Waals surface area contributed by atoms with Crippen LogP contribution in [0.4, 0.5) is 5.69 Å². The number of hydrogen-bond acceptors (Lipinski definition) is 7. The Kier molecular flexibility index (Phi) is 5.13. The molecule has 25 heavy (non-hydrogen) atoms. The van der Waals surface area contributed by atoms with Crippen molar-refractivity contribution in [2.45, 2.75) is 24.8 Å². The standard InChI is InChI=1S/C16H18N6O2S/c1-10(2)16-20-19-12-5-7-15(21-22(12)16)25-9-13(23)18-11-4-6-14(24-3)17-8-11/h4-8,10H,9H2,1-3H3,(H,18,23). The Morgan fingerprint density at radius 3 is 2.80 bits per heavy atom. The molecule has 0 atom stereocenters. The first-order valence-electron chi connectivity index (χ1n) is 7.72. The summed E-state index contributed by atoms with van der Waals surface area (Å²) >= 11 is 1.35. The van der Waals surface area contributed by atoms with Crippen molar-refractivity contribution >= 4 is 29.0 Å². The van der Waals surface area contributed by atoms with Crippen LogP contribution in [0, 0.1) is 0 Å². The fourth-order valence-corrected chi connectivity index (χ4v) is 2.79. The van der Waals surface area contributed by atoms with E-state index in [0.29, 0.717) is 17.2 Å². The number of carbonyl (C=O) groups is 1. The average molecular weight is 358 g/mol. The summed E-state index contributed by atoms with van der Waals surface area (Å²) in [6.07, 6.45) is 1.55. The van der Waals surface area contributed by atoms with E-state index >= 15 is 0 Å². The number of pyridine rings is 1. The van der Waals surface area contributed by atoms with Crippen molar-refractivity contribution in [2.24, 2.45) is 0 Å². The van der Waals surface area contributed by atoms with Gasteiger partial charge < -0.3 is 10.1 Å². The van der Waals surface area contributed by atoms with Crippen LogP contribution in [0.5, 0.6) is 5.88 Å². The number of amides is 1. The molecule has 0 fully saturated rings. The normalized spacial score (nSPS) is 11.0. The molecule has 3 heterocycles. The van der Waals surface area contributed by atoms with E-state index in [1.54, 1.807) is 30.0 Å². The summed E-state index contributed by atoms with van der Waals surface area (Å²) in [4.78, 5) is 16.1. The number of ether oxygens (including phenoxy) is 1. The van der Waals surface area contributed by atoms with Crippen molar-refractivity contribution in [1.29, 1.82) is 0 Å². The average Bonchev–Trinajstić information content (AvgIpc) is 3.04. The van der Waals surface area contributed by atoms with Gasteiger partial charge in [0.1, 0.15) is 5.03 Å². The van der Waals surface area contributed by atoms with E-state index in [1.807, 2.05) is 26.0 Å². The lowest BCUT2D eigenvalue weighted by atomic mass is 10.2. The minimum atomic E-state index is -0.133. The van der Waals surface area contributed by atoms with Crippen LogP contribution < -0.4 is 10.1 Å². The van der Waals surface area contributed by atoms with Crippen LogP contribution in [0.1, 0.15) is 25.6 Å². The third kappa shape index (κ3) is 4.05. The maximum Gasteiger partial charge on any atom is 0.234 e. The van der Waals surface area contributed by atoms with E-state index in [2.05, 4.69) is 25.6 Å². The van der Waals surface area contributed by atoms with E-state index in [9.17, 15) is 4.79 Å². The van der Waals surface area contributed by atoms with Crippen LogP contribution in [0.25, 0.3) is 5.65 Å². The second kappa shape index (κ2) is 7.47. The number of nitrogens with zero attached hydrogens (tertiary/aromatic N) is 5. The Morgan fingerprint density at radius 2 is 2.12 bits per heavy atom. The van der Waals surface area contributed by atoms with Crippen LogP contribution in [0.3, 0.4) is 0 Å². The Morgan fingerprint density at radius 1 is 1.28 bits per heavy atom. The topological polar surface area (TPSA) is 94.3 Å². The number of hydrogen-bond donors (Lipinski definition) is 1. The molecule has 0 radical (unpaired) electrons. The van der Waals surface area contributed by atoms with Crippen molar-refractivity contribution in [1.82, 2.24) is 24.8 Å². The Labute approximate surface area is 149 Å². The second-order valence-corrected chi connectivity index (χ2v) is 6.58. The zero-order valence-electron chi connectivity index (χ0n) is 14.1. The predicted octanol–water partition coefficient (Wildman–Crippen LogP) is 2.38. The molecule has 0 saturated heterocycles. The first-order valence-corrected chi connectivity index (χ1v) is 8.70. The minimum Gasteiger partial charge on any atom is -0.481 e. The Balaban J connectivity index is 1.63. The monoisotopic (exact) mass is 358 g/mol. The summed E-state index contributed by atoms with van der Waals surface area (Å²) in [5.41, 5.74) is 1.32. The van der Waals surface area contributed by atoms with E-state index in [1.165, 1.54) is 11.8 Å². The van der Waals surface area contributed by atoms with Crippen molar-refractivity contribution in [3.05, 3.63) is 36.3 Å². The molecule has 3 rings (SSSR count). The van der Waals surface area contributed by atoms with Gasteiger partial charge in [-0.05, 0) is 18.2 Å². The number of rotatable bonds is 6. The molecule has 0 aliphatic carbocycles. The molecule has 3 aromatic rings. The highest BCUT2D eigenvalue weighted by atomic mass is 32.2. The number of methoxy groups -OCH3 is 1. The molecule has 8 nitrogen and oxygen atoms in total. The summed E-state index contributed by atoms with van der Waals surface area (Å²) in [5, 5.41) is 16.3. The van der Waals surface area contributed by atoms with Crippen molar-refractivity contribution < 1.29 is 9.53 Å². The second-order valence-electron chi connectivity index (χ2n) is 5.58. The lowest BCUT2D eigenvalue weighted by molar-refractivity contribution is -0.113. The van der Waals surface area contributed by atoms with E-state index in [0.717, 1.165) is 10.9 Å². The van der Waals surface area contributed by atoms with Gasteiger partial charge in [0.2, 0.25) is 11.8 Å². The molecule has 1 amide bonds.